The molecule has 2 N–H and O–H groups in total. The van der Waals surface area contributed by atoms with E-state index in [1.54, 1.807) is 49.4 Å². The van der Waals surface area contributed by atoms with Crippen molar-refractivity contribution in [1.29, 1.82) is 0 Å². The molecule has 0 saturated heterocycles. The first-order chi connectivity index (χ1) is 19.1. The van der Waals surface area contributed by atoms with E-state index in [-0.39, 0.29) is 41.4 Å². The zero-order valence-electron chi connectivity index (χ0n) is 23.0. The van der Waals surface area contributed by atoms with Crippen molar-refractivity contribution in [3.8, 4) is 5.75 Å². The summed E-state index contributed by atoms with van der Waals surface area (Å²) in [4.78, 5) is 13.3. The van der Waals surface area contributed by atoms with Crippen LogP contribution in [0.5, 0.6) is 5.75 Å². The van der Waals surface area contributed by atoms with Gasteiger partial charge in [-0.1, -0.05) is 67.6 Å². The Kier molecular flexibility index (Phi) is 9.42. The average Bonchev–Trinajstić information content (AvgIpc) is 2.94. The molecule has 1 aliphatic heterocycles. The number of carboxylic acid groups (broad SMARTS) is 1. The highest BCUT2D eigenvalue weighted by Crippen LogP contribution is 2.34. The van der Waals surface area contributed by atoms with Crippen molar-refractivity contribution < 1.29 is 28.2 Å². The monoisotopic (exact) mass is 564 g/mol. The fraction of sp³-hybridized carbons (Fsp3) is 0.323. The normalized spacial score (nSPS) is 19.9. The minimum atomic E-state index is -3.92. The van der Waals surface area contributed by atoms with Crippen LogP contribution in [0.1, 0.15) is 40.9 Å². The molecule has 0 bridgehead atoms. The highest BCUT2D eigenvalue weighted by Gasteiger charge is 2.38. The molecule has 0 saturated carbocycles. The van der Waals surface area contributed by atoms with Crippen LogP contribution in [0.15, 0.2) is 77.7 Å². The van der Waals surface area contributed by atoms with Crippen LogP contribution >= 0.6 is 0 Å². The molecule has 40 heavy (non-hydrogen) atoms. The van der Waals surface area contributed by atoms with Crippen LogP contribution in [0, 0.1) is 5.92 Å². The first-order valence-corrected chi connectivity index (χ1v) is 14.7. The van der Waals surface area contributed by atoms with Gasteiger partial charge in [0.1, 0.15) is 16.7 Å². The van der Waals surface area contributed by atoms with Crippen LogP contribution in [0.3, 0.4) is 0 Å². The van der Waals surface area contributed by atoms with Crippen molar-refractivity contribution in [1.82, 2.24) is 9.21 Å². The van der Waals surface area contributed by atoms with Crippen LogP contribution in [-0.2, 0) is 16.6 Å². The fourth-order valence-electron chi connectivity index (χ4n) is 4.76. The van der Waals surface area contributed by atoms with Gasteiger partial charge < -0.3 is 14.9 Å². The lowest BCUT2D eigenvalue weighted by Crippen LogP contribution is -2.49. The minimum absolute atomic E-state index is 0.0773. The van der Waals surface area contributed by atoms with E-state index in [1.165, 1.54) is 4.31 Å². The number of aromatic carboxylic acids is 1. The van der Waals surface area contributed by atoms with E-state index in [1.807, 2.05) is 56.5 Å². The van der Waals surface area contributed by atoms with Gasteiger partial charge in [0, 0.05) is 31.6 Å². The summed E-state index contributed by atoms with van der Waals surface area (Å²) in [6.07, 6.45) is 3.53. The molecule has 0 amide bonds. The Balaban J connectivity index is 1.64. The lowest BCUT2D eigenvalue weighted by molar-refractivity contribution is 0.0697. The summed E-state index contributed by atoms with van der Waals surface area (Å²) in [7, 11) is -1.97. The quantitative estimate of drug-likeness (QED) is 0.370. The number of hydrogen-bond acceptors (Lipinski definition) is 6. The topological polar surface area (TPSA) is 107 Å². The maximum absolute atomic E-state index is 13.7. The molecule has 1 aliphatic rings. The molecule has 0 aromatic heterocycles. The smallest absolute Gasteiger partial charge is 0.335 e. The van der Waals surface area contributed by atoms with E-state index in [9.17, 15) is 18.3 Å². The Morgan fingerprint density at radius 1 is 1.07 bits per heavy atom. The average molecular weight is 565 g/mol. The summed E-state index contributed by atoms with van der Waals surface area (Å²) in [6.45, 7) is 4.63. The largest absolute Gasteiger partial charge is 0.487 e. The van der Waals surface area contributed by atoms with E-state index < -0.39 is 22.0 Å². The van der Waals surface area contributed by atoms with E-state index in [2.05, 4.69) is 4.90 Å². The second kappa shape index (κ2) is 12.8. The molecular weight excluding hydrogens is 528 g/mol. The number of ether oxygens (including phenoxy) is 1. The second-order valence-electron chi connectivity index (χ2n) is 10.4. The van der Waals surface area contributed by atoms with Gasteiger partial charge in [-0.3, -0.25) is 4.90 Å². The molecule has 0 spiro atoms. The number of carbonyl (C=O) groups is 1. The van der Waals surface area contributed by atoms with Gasteiger partial charge in [0.15, 0.2) is 0 Å². The maximum Gasteiger partial charge on any atom is 0.335 e. The Hall–Kier alpha value is -3.50. The molecule has 0 unspecified atom stereocenters. The molecule has 3 aromatic rings. The van der Waals surface area contributed by atoms with Crippen LogP contribution in [0.2, 0.25) is 0 Å². The molecule has 212 valence electrons. The van der Waals surface area contributed by atoms with Crippen molar-refractivity contribution >= 4 is 28.1 Å². The van der Waals surface area contributed by atoms with Gasteiger partial charge in [0.25, 0.3) is 0 Å². The van der Waals surface area contributed by atoms with E-state index in [0.717, 1.165) is 16.7 Å². The highest BCUT2D eigenvalue weighted by molar-refractivity contribution is 7.89. The van der Waals surface area contributed by atoms with E-state index in [0.29, 0.717) is 13.1 Å². The maximum atomic E-state index is 13.7. The highest BCUT2D eigenvalue weighted by atomic mass is 32.2. The van der Waals surface area contributed by atoms with E-state index >= 15 is 0 Å². The fourth-order valence-corrected chi connectivity index (χ4v) is 6.58. The lowest BCUT2D eigenvalue weighted by atomic mass is 10.0. The molecule has 9 heteroatoms. The Bertz CT molecular complexity index is 1440. The summed E-state index contributed by atoms with van der Waals surface area (Å²) >= 11 is 0. The molecule has 0 radical (unpaired) electrons. The summed E-state index contributed by atoms with van der Waals surface area (Å²) < 4.78 is 35.3. The minimum Gasteiger partial charge on any atom is -0.487 e. The molecule has 0 aliphatic carbocycles. The van der Waals surface area contributed by atoms with Gasteiger partial charge in [-0.15, -0.1) is 0 Å². The Morgan fingerprint density at radius 3 is 2.40 bits per heavy atom. The zero-order chi connectivity index (χ0) is 28.9. The number of fused-ring (bicyclic) bond motifs is 1. The first kappa shape index (κ1) is 29.5. The Morgan fingerprint density at radius 2 is 1.75 bits per heavy atom. The van der Waals surface area contributed by atoms with Gasteiger partial charge in [-0.05, 0) is 54.9 Å². The van der Waals surface area contributed by atoms with Crippen molar-refractivity contribution in [2.24, 2.45) is 5.92 Å². The second-order valence-corrected chi connectivity index (χ2v) is 12.2. The number of carboxylic acids is 1. The molecular formula is C31H36N2O6S. The number of sulfonamides is 1. The predicted octanol–water partition coefficient (Wildman–Crippen LogP) is 4.46. The van der Waals surface area contributed by atoms with Crippen LogP contribution in [-0.4, -0.2) is 72.7 Å². The third kappa shape index (κ3) is 6.98. The summed E-state index contributed by atoms with van der Waals surface area (Å²) in [6, 6.07) is 21.1. The number of aliphatic hydroxyl groups is 1. The number of likely N-dealkylation sites (N-methyl/N-ethyl adjacent to an activating group) is 1. The number of benzene rings is 3. The number of rotatable bonds is 9. The van der Waals surface area contributed by atoms with Gasteiger partial charge in [-0.25, -0.2) is 13.2 Å². The van der Waals surface area contributed by atoms with E-state index in [4.69, 9.17) is 9.84 Å². The van der Waals surface area contributed by atoms with Gasteiger partial charge in [0.2, 0.25) is 10.0 Å². The summed E-state index contributed by atoms with van der Waals surface area (Å²) in [5.41, 5.74) is 3.02. The van der Waals surface area contributed by atoms with Gasteiger partial charge in [0.05, 0.1) is 12.2 Å². The Labute approximate surface area is 236 Å². The standard InChI is InChI=1S/C31H36N2O6S/c1-22-18-33(23(2)21-34)40(37,38)30-16-13-25(10-9-24-7-5-4-6-8-24)17-28(30)39-29(22)20-32(3)19-26-11-14-27(15-12-26)31(35)36/h4-17,22-23,29,34H,18-21H2,1-3H3,(H,35,36)/b10-9+/t22-,23-,29+/m1/s1. The van der Waals surface area contributed by atoms with Gasteiger partial charge in [-0.2, -0.15) is 4.31 Å². The van der Waals surface area contributed by atoms with Crippen molar-refractivity contribution in [2.45, 2.75) is 37.4 Å². The molecule has 0 fully saturated rings. The van der Waals surface area contributed by atoms with Crippen molar-refractivity contribution in [3.63, 3.8) is 0 Å². The molecule has 8 nitrogen and oxygen atoms in total. The molecule has 4 rings (SSSR count). The van der Waals surface area contributed by atoms with Crippen LogP contribution in [0.4, 0.5) is 0 Å². The summed E-state index contributed by atoms with van der Waals surface area (Å²) in [5.74, 6) is -0.872. The molecule has 3 aromatic carbocycles. The SMILES string of the molecule is C[C@@H]1CN([C@H](C)CO)S(=O)(=O)c2ccc(/C=C/c3ccccc3)cc2O[C@H]1CN(C)Cc1ccc(C(=O)O)cc1. The third-order valence-corrected chi connectivity index (χ3v) is 9.12. The molecule has 1 heterocycles. The van der Waals surface area contributed by atoms with Crippen LogP contribution in [0.25, 0.3) is 12.2 Å². The number of aliphatic hydroxyl groups excluding tert-OH is 1. The molecule has 3 atom stereocenters. The van der Waals surface area contributed by atoms with Crippen LogP contribution < -0.4 is 4.74 Å². The van der Waals surface area contributed by atoms with Gasteiger partial charge >= 0.3 is 5.97 Å². The number of nitrogens with zero attached hydrogens (tertiary/aromatic N) is 2. The third-order valence-electron chi connectivity index (χ3n) is 7.10. The zero-order valence-corrected chi connectivity index (χ0v) is 23.8. The number of hydrogen-bond donors (Lipinski definition) is 2. The van der Waals surface area contributed by atoms with Crippen molar-refractivity contribution in [2.75, 3.05) is 26.7 Å². The predicted molar refractivity (Wildman–Crippen MR) is 156 cm³/mol. The summed E-state index contributed by atoms with van der Waals surface area (Å²) in [5, 5.41) is 19.0. The van der Waals surface area contributed by atoms with Crippen molar-refractivity contribution in [3.05, 3.63) is 95.1 Å². The first-order valence-electron chi connectivity index (χ1n) is 13.3. The lowest BCUT2D eigenvalue weighted by Gasteiger charge is -2.37.